The topological polar surface area (TPSA) is 96.0 Å². The van der Waals surface area contributed by atoms with Gasteiger partial charge in [0.15, 0.2) is 0 Å². The Morgan fingerprint density at radius 3 is 2.30 bits per heavy atom. The van der Waals surface area contributed by atoms with Gasteiger partial charge in [-0.05, 0) is 62.2 Å². The summed E-state index contributed by atoms with van der Waals surface area (Å²) in [5.74, 6) is 2.00. The number of carbonyl (C=O) groups is 2. The minimum absolute atomic E-state index is 0.00590. The summed E-state index contributed by atoms with van der Waals surface area (Å²) in [5.41, 5.74) is 0.876. The molecule has 0 saturated heterocycles. The van der Waals surface area contributed by atoms with E-state index in [9.17, 15) is 9.59 Å². The van der Waals surface area contributed by atoms with Crippen molar-refractivity contribution in [1.29, 1.82) is 0 Å². The molecular weight excluding hydrogens is 434 g/mol. The first kappa shape index (κ1) is 22.3. The quantitative estimate of drug-likeness (QED) is 0.544. The van der Waals surface area contributed by atoms with Crippen LogP contribution in [0.2, 0.25) is 0 Å². The zero-order valence-corrected chi connectivity index (χ0v) is 20.2. The van der Waals surface area contributed by atoms with E-state index in [2.05, 4.69) is 26.1 Å². The highest BCUT2D eigenvalue weighted by molar-refractivity contribution is 7.18. The number of rotatable bonds is 7. The third kappa shape index (κ3) is 4.76. The van der Waals surface area contributed by atoms with Crippen molar-refractivity contribution in [1.82, 2.24) is 20.8 Å². The molecule has 0 unspecified atom stereocenters. The number of aromatic nitrogens is 2. The van der Waals surface area contributed by atoms with Crippen molar-refractivity contribution in [2.45, 2.75) is 70.4 Å². The van der Waals surface area contributed by atoms with E-state index >= 15 is 0 Å². The van der Waals surface area contributed by atoms with Gasteiger partial charge in [-0.2, -0.15) is 0 Å². The molecule has 0 aliphatic heterocycles. The molecule has 2 atom stereocenters. The molecule has 1 heterocycles. The van der Waals surface area contributed by atoms with E-state index < -0.39 is 6.04 Å². The average molecular weight is 468 g/mol. The summed E-state index contributed by atoms with van der Waals surface area (Å²) in [6.45, 7) is 4.02. The first-order chi connectivity index (χ1) is 15.9. The number of hydrogen-bond donors (Lipinski definition) is 3. The predicted molar refractivity (Wildman–Crippen MR) is 130 cm³/mol. The highest BCUT2D eigenvalue weighted by Crippen LogP contribution is 2.55. The molecule has 4 fully saturated rings. The highest BCUT2D eigenvalue weighted by atomic mass is 32.1. The van der Waals surface area contributed by atoms with Gasteiger partial charge in [0.25, 0.3) is 0 Å². The van der Waals surface area contributed by atoms with E-state index in [0.717, 1.165) is 54.0 Å². The SMILES string of the molecule is CC[C@@H](C)[C@H](NC(=O)NC12CC3CC(CC(C3)C1)C2)C(=O)Nc1nnc(-c2ccccc2)s1. The zero-order chi connectivity index (χ0) is 23.0. The third-order valence-corrected chi connectivity index (χ3v) is 8.76. The Balaban J connectivity index is 1.23. The number of urea groups is 1. The number of carbonyl (C=O) groups excluding carboxylic acids is 2. The first-order valence-corrected chi connectivity index (χ1v) is 13.0. The van der Waals surface area contributed by atoms with Gasteiger partial charge in [-0.3, -0.25) is 10.1 Å². The Hall–Kier alpha value is -2.48. The Labute approximate surface area is 199 Å². The second-order valence-corrected chi connectivity index (χ2v) is 11.4. The van der Waals surface area contributed by atoms with Crippen molar-refractivity contribution in [3.63, 3.8) is 0 Å². The summed E-state index contributed by atoms with van der Waals surface area (Å²) in [6.07, 6.45) is 8.01. The van der Waals surface area contributed by atoms with Crippen molar-refractivity contribution < 1.29 is 9.59 Å². The molecule has 176 valence electrons. The molecule has 6 rings (SSSR count). The van der Waals surface area contributed by atoms with Crippen LogP contribution in [0, 0.1) is 23.7 Å². The lowest BCUT2D eigenvalue weighted by molar-refractivity contribution is -0.119. The van der Waals surface area contributed by atoms with Crippen LogP contribution in [0.1, 0.15) is 58.8 Å². The molecular formula is C25H33N5O2S. The van der Waals surface area contributed by atoms with E-state index in [4.69, 9.17) is 0 Å². The van der Waals surface area contributed by atoms with Crippen LogP contribution in [-0.4, -0.2) is 33.7 Å². The molecule has 4 saturated carbocycles. The molecule has 3 amide bonds. The van der Waals surface area contributed by atoms with Crippen molar-refractivity contribution in [2.24, 2.45) is 23.7 Å². The maximum Gasteiger partial charge on any atom is 0.315 e. The Kier molecular flexibility index (Phi) is 6.12. The van der Waals surface area contributed by atoms with E-state index in [1.807, 2.05) is 44.2 Å². The molecule has 4 aliphatic rings. The zero-order valence-electron chi connectivity index (χ0n) is 19.3. The number of nitrogens with zero attached hydrogens (tertiary/aromatic N) is 2. The predicted octanol–water partition coefficient (Wildman–Crippen LogP) is 4.83. The van der Waals surface area contributed by atoms with Crippen LogP contribution < -0.4 is 16.0 Å². The van der Waals surface area contributed by atoms with Crippen LogP contribution in [0.4, 0.5) is 9.93 Å². The minimum atomic E-state index is -0.631. The van der Waals surface area contributed by atoms with Gasteiger partial charge in [0.05, 0.1) is 0 Å². The smallest absolute Gasteiger partial charge is 0.315 e. The number of anilines is 1. The second-order valence-electron chi connectivity index (χ2n) is 10.4. The largest absolute Gasteiger partial charge is 0.333 e. The fourth-order valence-corrected chi connectivity index (χ4v) is 7.29. The van der Waals surface area contributed by atoms with Crippen LogP contribution in [0.5, 0.6) is 0 Å². The molecule has 1 aromatic carbocycles. The summed E-state index contributed by atoms with van der Waals surface area (Å²) < 4.78 is 0. The summed E-state index contributed by atoms with van der Waals surface area (Å²) in [6, 6.07) is 8.91. The Bertz CT molecular complexity index is 972. The fourth-order valence-electron chi connectivity index (χ4n) is 6.54. The van der Waals surface area contributed by atoms with E-state index in [1.165, 1.54) is 30.6 Å². The lowest BCUT2D eigenvalue weighted by Crippen LogP contribution is -2.63. The van der Waals surface area contributed by atoms with E-state index in [1.54, 1.807) is 0 Å². The highest BCUT2D eigenvalue weighted by Gasteiger charge is 2.51. The van der Waals surface area contributed by atoms with E-state index in [-0.39, 0.29) is 23.4 Å². The van der Waals surface area contributed by atoms with Crippen LogP contribution in [0.15, 0.2) is 30.3 Å². The van der Waals surface area contributed by atoms with Gasteiger partial charge in [-0.25, -0.2) is 4.79 Å². The molecule has 4 bridgehead atoms. The molecule has 8 heteroatoms. The normalized spacial score (nSPS) is 29.3. The monoisotopic (exact) mass is 467 g/mol. The van der Waals surface area contributed by atoms with Gasteiger partial charge in [0.2, 0.25) is 11.0 Å². The number of amides is 3. The summed E-state index contributed by atoms with van der Waals surface area (Å²) >= 11 is 1.33. The lowest BCUT2D eigenvalue weighted by Gasteiger charge is -2.56. The van der Waals surface area contributed by atoms with Gasteiger partial charge in [-0.1, -0.05) is 61.9 Å². The maximum atomic E-state index is 13.1. The minimum Gasteiger partial charge on any atom is -0.333 e. The van der Waals surface area contributed by atoms with Crippen LogP contribution in [-0.2, 0) is 4.79 Å². The molecule has 2 aromatic rings. The number of nitrogens with one attached hydrogen (secondary N) is 3. The summed E-state index contributed by atoms with van der Waals surface area (Å²) in [4.78, 5) is 26.2. The van der Waals surface area contributed by atoms with Crippen molar-refractivity contribution >= 4 is 28.4 Å². The molecule has 1 aromatic heterocycles. The third-order valence-electron chi connectivity index (χ3n) is 7.87. The van der Waals surface area contributed by atoms with Gasteiger partial charge in [-0.15, -0.1) is 10.2 Å². The fraction of sp³-hybridized carbons (Fsp3) is 0.600. The maximum absolute atomic E-state index is 13.1. The Morgan fingerprint density at radius 2 is 1.70 bits per heavy atom. The summed E-state index contributed by atoms with van der Waals surface area (Å²) in [5, 5.41) is 18.7. The second kappa shape index (κ2) is 9.05. The van der Waals surface area contributed by atoms with E-state index in [0.29, 0.717) is 5.13 Å². The van der Waals surface area contributed by atoms with Crippen LogP contribution in [0.3, 0.4) is 0 Å². The number of benzene rings is 1. The van der Waals surface area contributed by atoms with Crippen molar-refractivity contribution in [3.8, 4) is 10.6 Å². The summed E-state index contributed by atoms with van der Waals surface area (Å²) in [7, 11) is 0. The average Bonchev–Trinajstić information content (AvgIpc) is 3.24. The Morgan fingerprint density at radius 1 is 1.06 bits per heavy atom. The van der Waals surface area contributed by atoms with Gasteiger partial charge in [0, 0.05) is 11.1 Å². The standard InChI is InChI=1S/C25H33N5O2S/c1-3-15(2)20(21(31)27-24-30-29-22(33-24)19-7-5-4-6-8-19)26-23(32)28-25-12-16-9-17(13-25)11-18(10-16)14-25/h4-8,15-18,20H,3,9-14H2,1-2H3,(H2,26,28,32)(H,27,30,31)/t15-,16?,17?,18?,20+,25?/m1/s1. The molecule has 7 nitrogen and oxygen atoms in total. The van der Waals surface area contributed by atoms with Gasteiger partial charge in [0.1, 0.15) is 11.0 Å². The first-order valence-electron chi connectivity index (χ1n) is 12.2. The molecule has 33 heavy (non-hydrogen) atoms. The van der Waals surface area contributed by atoms with Crippen LogP contribution >= 0.6 is 11.3 Å². The molecule has 4 aliphatic carbocycles. The van der Waals surface area contributed by atoms with Crippen molar-refractivity contribution in [2.75, 3.05) is 5.32 Å². The van der Waals surface area contributed by atoms with Gasteiger partial charge >= 0.3 is 6.03 Å². The lowest BCUT2D eigenvalue weighted by atomic mass is 9.53. The van der Waals surface area contributed by atoms with Crippen molar-refractivity contribution in [3.05, 3.63) is 30.3 Å². The molecule has 3 N–H and O–H groups in total. The van der Waals surface area contributed by atoms with Crippen LogP contribution in [0.25, 0.3) is 10.6 Å². The van der Waals surface area contributed by atoms with Gasteiger partial charge < -0.3 is 10.6 Å². The molecule has 0 spiro atoms. The number of hydrogen-bond acceptors (Lipinski definition) is 5. The molecule has 0 radical (unpaired) electrons.